The maximum Gasteiger partial charge on any atom is 0.416 e. The number of hydrogen-bond acceptors (Lipinski definition) is 2. The second-order valence-electron chi connectivity index (χ2n) is 3.88. The van der Waals surface area contributed by atoms with Crippen molar-refractivity contribution in [3.05, 3.63) is 35.4 Å². The van der Waals surface area contributed by atoms with E-state index in [4.69, 9.17) is 5.73 Å². The Morgan fingerprint density at radius 1 is 1.35 bits per heavy atom. The first kappa shape index (κ1) is 14.4. The van der Waals surface area contributed by atoms with Gasteiger partial charge in [0.05, 0.1) is 5.56 Å². The highest BCUT2D eigenvalue weighted by molar-refractivity contribution is 7.98. The molecule has 0 saturated heterocycles. The summed E-state index contributed by atoms with van der Waals surface area (Å²) in [7, 11) is 0. The van der Waals surface area contributed by atoms with E-state index in [-0.39, 0.29) is 6.04 Å². The molecule has 1 unspecified atom stereocenters. The van der Waals surface area contributed by atoms with Crippen LogP contribution in [0, 0.1) is 0 Å². The van der Waals surface area contributed by atoms with Crippen LogP contribution in [0.25, 0.3) is 0 Å². The van der Waals surface area contributed by atoms with E-state index in [1.807, 2.05) is 6.92 Å². The predicted octanol–water partition coefficient (Wildman–Crippen LogP) is 3.68. The van der Waals surface area contributed by atoms with Gasteiger partial charge in [0, 0.05) is 17.5 Å². The lowest BCUT2D eigenvalue weighted by atomic mass is 10.1. The minimum atomic E-state index is -4.26. The van der Waals surface area contributed by atoms with E-state index in [9.17, 15) is 13.2 Å². The van der Waals surface area contributed by atoms with Crippen molar-refractivity contribution in [2.75, 3.05) is 5.75 Å². The Hall–Kier alpha value is -0.680. The summed E-state index contributed by atoms with van der Waals surface area (Å²) in [5.41, 5.74) is 5.84. The normalized spacial score (nSPS) is 13.7. The summed E-state index contributed by atoms with van der Waals surface area (Å²) in [6.45, 7) is 2.00. The van der Waals surface area contributed by atoms with E-state index in [1.165, 1.54) is 12.1 Å². The van der Waals surface area contributed by atoms with Gasteiger partial charge >= 0.3 is 6.18 Å². The molecule has 1 atom stereocenters. The Balaban J connectivity index is 2.55. The average molecular weight is 263 g/mol. The smallest absolute Gasteiger partial charge is 0.327 e. The van der Waals surface area contributed by atoms with Crippen molar-refractivity contribution in [1.29, 1.82) is 0 Å². The van der Waals surface area contributed by atoms with Crippen molar-refractivity contribution in [3.63, 3.8) is 0 Å². The molecule has 1 rings (SSSR count). The molecule has 0 aliphatic rings. The molecule has 0 amide bonds. The predicted molar refractivity (Wildman–Crippen MR) is 65.9 cm³/mol. The topological polar surface area (TPSA) is 26.0 Å². The fourth-order valence-electron chi connectivity index (χ4n) is 1.28. The van der Waals surface area contributed by atoms with Crippen LogP contribution in [0.2, 0.25) is 0 Å². The van der Waals surface area contributed by atoms with Gasteiger partial charge in [-0.25, -0.2) is 0 Å². The lowest BCUT2D eigenvalue weighted by Gasteiger charge is -2.10. The van der Waals surface area contributed by atoms with Gasteiger partial charge in [0.2, 0.25) is 0 Å². The van der Waals surface area contributed by atoms with Gasteiger partial charge in [-0.2, -0.15) is 24.9 Å². The van der Waals surface area contributed by atoms with Crippen molar-refractivity contribution >= 4 is 11.8 Å². The van der Waals surface area contributed by atoms with E-state index in [1.54, 1.807) is 17.8 Å². The second-order valence-corrected chi connectivity index (χ2v) is 4.91. The van der Waals surface area contributed by atoms with Crippen LogP contribution in [-0.4, -0.2) is 11.8 Å². The molecule has 0 aromatic heterocycles. The molecule has 0 saturated carbocycles. The van der Waals surface area contributed by atoms with Crippen LogP contribution in [0.3, 0.4) is 0 Å². The van der Waals surface area contributed by atoms with Crippen molar-refractivity contribution in [2.24, 2.45) is 5.73 Å². The van der Waals surface area contributed by atoms with Gasteiger partial charge in [0.15, 0.2) is 0 Å². The molecule has 17 heavy (non-hydrogen) atoms. The monoisotopic (exact) mass is 263 g/mol. The largest absolute Gasteiger partial charge is 0.416 e. The third kappa shape index (κ3) is 5.00. The molecule has 0 heterocycles. The summed E-state index contributed by atoms with van der Waals surface area (Å²) in [4.78, 5) is 0. The lowest BCUT2D eigenvalue weighted by molar-refractivity contribution is -0.137. The maximum atomic E-state index is 12.4. The van der Waals surface area contributed by atoms with Crippen LogP contribution in [0.15, 0.2) is 24.3 Å². The molecule has 0 bridgehead atoms. The second kappa shape index (κ2) is 6.31. The van der Waals surface area contributed by atoms with Gasteiger partial charge in [-0.3, -0.25) is 0 Å². The molecule has 1 aromatic rings. The lowest BCUT2D eigenvalue weighted by Crippen LogP contribution is -2.21. The Kier molecular flexibility index (Phi) is 5.33. The van der Waals surface area contributed by atoms with Crippen LogP contribution in [0.4, 0.5) is 13.2 Å². The van der Waals surface area contributed by atoms with Crippen LogP contribution in [0.1, 0.15) is 24.5 Å². The first-order chi connectivity index (χ1) is 7.93. The fraction of sp³-hybridized carbons (Fsp3) is 0.500. The number of alkyl halides is 3. The number of thioether (sulfide) groups is 1. The van der Waals surface area contributed by atoms with Crippen LogP contribution in [0.5, 0.6) is 0 Å². The number of nitrogens with two attached hydrogens (primary N) is 1. The minimum Gasteiger partial charge on any atom is -0.327 e. The summed E-state index contributed by atoms with van der Waals surface area (Å²) in [5, 5.41) is 0. The summed E-state index contributed by atoms with van der Waals surface area (Å²) in [6.07, 6.45) is -3.38. The fourth-order valence-corrected chi connectivity index (χ4v) is 2.36. The van der Waals surface area contributed by atoms with Gasteiger partial charge < -0.3 is 5.73 Å². The zero-order chi connectivity index (χ0) is 12.9. The van der Waals surface area contributed by atoms with E-state index < -0.39 is 11.7 Å². The Bertz CT molecular complexity index is 352. The molecule has 5 heteroatoms. The summed E-state index contributed by atoms with van der Waals surface area (Å²) in [5.74, 6) is 1.34. The van der Waals surface area contributed by atoms with Crippen molar-refractivity contribution in [2.45, 2.75) is 31.3 Å². The number of rotatable bonds is 5. The number of benzene rings is 1. The minimum absolute atomic E-state index is 0.116. The van der Waals surface area contributed by atoms with E-state index in [0.717, 1.165) is 18.2 Å². The molecule has 0 radical (unpaired) electrons. The van der Waals surface area contributed by atoms with Gasteiger partial charge in [0.1, 0.15) is 0 Å². The van der Waals surface area contributed by atoms with Crippen molar-refractivity contribution in [1.82, 2.24) is 0 Å². The summed E-state index contributed by atoms with van der Waals surface area (Å²) >= 11 is 1.57. The van der Waals surface area contributed by atoms with Gasteiger partial charge in [-0.05, 0) is 18.1 Å². The average Bonchev–Trinajstić information content (AvgIpc) is 2.28. The molecule has 96 valence electrons. The molecule has 1 aromatic carbocycles. The van der Waals surface area contributed by atoms with Crippen LogP contribution >= 0.6 is 11.8 Å². The molecular formula is C12H16F3NS. The third-order valence-electron chi connectivity index (χ3n) is 2.38. The highest BCUT2D eigenvalue weighted by Gasteiger charge is 2.30. The Morgan fingerprint density at radius 2 is 2.06 bits per heavy atom. The quantitative estimate of drug-likeness (QED) is 0.877. The number of hydrogen-bond donors (Lipinski definition) is 1. The van der Waals surface area contributed by atoms with Crippen LogP contribution in [-0.2, 0) is 11.9 Å². The SMILES string of the molecule is CCC(N)CSCc1cccc(C(F)(F)F)c1. The molecular weight excluding hydrogens is 247 g/mol. The number of halogens is 3. The molecule has 1 nitrogen and oxygen atoms in total. The highest BCUT2D eigenvalue weighted by Crippen LogP contribution is 2.30. The first-order valence-corrected chi connectivity index (χ1v) is 6.58. The highest BCUT2D eigenvalue weighted by atomic mass is 32.2. The molecule has 2 N–H and O–H groups in total. The molecule has 0 fully saturated rings. The zero-order valence-corrected chi connectivity index (χ0v) is 10.4. The van der Waals surface area contributed by atoms with E-state index >= 15 is 0 Å². The molecule has 0 aliphatic heterocycles. The van der Waals surface area contributed by atoms with Crippen LogP contribution < -0.4 is 5.73 Å². The van der Waals surface area contributed by atoms with E-state index in [2.05, 4.69) is 0 Å². The van der Waals surface area contributed by atoms with Crippen molar-refractivity contribution in [3.8, 4) is 0 Å². The van der Waals surface area contributed by atoms with Gasteiger partial charge in [-0.1, -0.05) is 25.1 Å². The summed E-state index contributed by atoms with van der Waals surface area (Å²) in [6, 6.07) is 5.56. The first-order valence-electron chi connectivity index (χ1n) is 5.43. The molecule has 0 aliphatic carbocycles. The van der Waals surface area contributed by atoms with E-state index in [0.29, 0.717) is 11.3 Å². The maximum absolute atomic E-state index is 12.4. The Labute approximate surface area is 104 Å². The van der Waals surface area contributed by atoms with Crippen molar-refractivity contribution < 1.29 is 13.2 Å². The Morgan fingerprint density at radius 3 is 2.65 bits per heavy atom. The third-order valence-corrected chi connectivity index (χ3v) is 3.58. The van der Waals surface area contributed by atoms with Gasteiger partial charge in [-0.15, -0.1) is 0 Å². The standard InChI is InChI=1S/C12H16F3NS/c1-2-11(16)8-17-7-9-4-3-5-10(6-9)12(13,14)15/h3-6,11H,2,7-8,16H2,1H3. The summed E-state index contributed by atoms with van der Waals surface area (Å²) < 4.78 is 37.3. The van der Waals surface area contributed by atoms with Gasteiger partial charge in [0.25, 0.3) is 0 Å². The molecule has 0 spiro atoms. The zero-order valence-electron chi connectivity index (χ0n) is 9.63.